The zero-order valence-electron chi connectivity index (χ0n) is 32.9. The average Bonchev–Trinajstić information content (AvgIpc) is 3.42. The summed E-state index contributed by atoms with van der Waals surface area (Å²) >= 11 is 0. The van der Waals surface area contributed by atoms with Gasteiger partial charge in [0.25, 0.3) is 0 Å². The lowest BCUT2D eigenvalue weighted by Crippen LogP contribution is -2.67. The Morgan fingerprint density at radius 1 is 0.796 bits per heavy atom. The van der Waals surface area contributed by atoms with E-state index in [1.807, 2.05) is 0 Å². The van der Waals surface area contributed by atoms with E-state index in [9.17, 15) is 40.5 Å². The van der Waals surface area contributed by atoms with Gasteiger partial charge in [0, 0.05) is 11.8 Å². The van der Waals surface area contributed by atoms with Gasteiger partial charge in [-0.05, 0) is 84.4 Å². The van der Waals surface area contributed by atoms with Gasteiger partial charge in [0.2, 0.25) is 0 Å². The first-order valence-corrected chi connectivity index (χ1v) is 20.4. The average molecular weight is 765 g/mol. The van der Waals surface area contributed by atoms with E-state index in [-0.39, 0.29) is 70.3 Å². The molecule has 3 heterocycles. The van der Waals surface area contributed by atoms with Gasteiger partial charge in [0.15, 0.2) is 12.6 Å². The van der Waals surface area contributed by atoms with Gasteiger partial charge >= 0.3 is 5.97 Å². The highest BCUT2D eigenvalue weighted by molar-refractivity contribution is 5.82. The third-order valence-electron chi connectivity index (χ3n) is 17.3. The fraction of sp³-hybridized carbons (Fsp3) is 0.927. The van der Waals surface area contributed by atoms with E-state index in [1.54, 1.807) is 0 Å². The highest BCUT2D eigenvalue weighted by atomic mass is 16.7. The fourth-order valence-corrected chi connectivity index (χ4v) is 13.8. The molecule has 0 aromatic carbocycles. The van der Waals surface area contributed by atoms with E-state index in [1.165, 1.54) is 5.57 Å². The number of rotatable bonds is 5. The van der Waals surface area contributed by atoms with Crippen LogP contribution in [0.15, 0.2) is 11.6 Å². The molecule has 54 heavy (non-hydrogen) atoms. The Labute approximate surface area is 318 Å². The lowest BCUT2D eigenvalue weighted by Gasteiger charge is -2.71. The lowest BCUT2D eigenvalue weighted by atomic mass is 9.33. The number of hydrogen-bond donors (Lipinski definition) is 7. The molecule has 2 bridgehead atoms. The third kappa shape index (κ3) is 5.32. The second kappa shape index (κ2) is 12.9. The van der Waals surface area contributed by atoms with E-state index >= 15 is 0 Å². The van der Waals surface area contributed by atoms with Gasteiger partial charge in [-0.25, -0.2) is 0 Å². The summed E-state index contributed by atoms with van der Waals surface area (Å²) in [5.74, 6) is 0.320. The maximum absolute atomic E-state index is 13.6. The van der Waals surface area contributed by atoms with Crippen LogP contribution in [0, 0.1) is 50.2 Å². The van der Waals surface area contributed by atoms with E-state index < -0.39 is 66.8 Å². The summed E-state index contributed by atoms with van der Waals surface area (Å²) in [6, 6.07) is 0. The highest BCUT2D eigenvalue weighted by Crippen LogP contribution is 2.76. The number of allylic oxidation sites excluding steroid dienone is 2. The molecular weight excluding hydrogens is 700 g/mol. The molecule has 3 saturated heterocycles. The Morgan fingerprint density at radius 3 is 2.22 bits per heavy atom. The number of aliphatic hydroxyl groups excluding tert-OH is 7. The number of ether oxygens (including phenoxy) is 5. The molecule has 13 nitrogen and oxygen atoms in total. The molecule has 19 atom stereocenters. The predicted octanol–water partition coefficient (Wildman–Crippen LogP) is 1.94. The second-order valence-electron chi connectivity index (χ2n) is 20.5. The molecule has 8 rings (SSSR count). The van der Waals surface area contributed by atoms with Crippen LogP contribution in [0.25, 0.3) is 0 Å². The molecule has 19 unspecified atom stereocenters. The zero-order chi connectivity index (χ0) is 39.1. The van der Waals surface area contributed by atoms with Crippen LogP contribution in [-0.4, -0.2) is 129 Å². The predicted molar refractivity (Wildman–Crippen MR) is 191 cm³/mol. The molecule has 4 saturated carbocycles. The first kappa shape index (κ1) is 39.6. The van der Waals surface area contributed by atoms with Gasteiger partial charge in [0.05, 0.1) is 25.4 Å². The van der Waals surface area contributed by atoms with Crippen molar-refractivity contribution in [3.05, 3.63) is 11.6 Å². The first-order chi connectivity index (χ1) is 25.1. The summed E-state index contributed by atoms with van der Waals surface area (Å²) in [7, 11) is 0. The normalized spacial score (nSPS) is 56.1. The lowest BCUT2D eigenvalue weighted by molar-refractivity contribution is -0.340. The van der Waals surface area contributed by atoms with Crippen molar-refractivity contribution in [1.82, 2.24) is 0 Å². The molecular formula is C41H64O13. The maximum atomic E-state index is 13.6. The Hall–Kier alpha value is -1.23. The van der Waals surface area contributed by atoms with Crippen molar-refractivity contribution < 1.29 is 64.2 Å². The first-order valence-electron chi connectivity index (χ1n) is 20.4. The van der Waals surface area contributed by atoms with Crippen molar-refractivity contribution in [2.45, 2.75) is 173 Å². The van der Waals surface area contributed by atoms with Crippen LogP contribution in [0.5, 0.6) is 0 Å². The monoisotopic (exact) mass is 764 g/mol. The van der Waals surface area contributed by atoms with E-state index in [0.29, 0.717) is 25.2 Å². The van der Waals surface area contributed by atoms with Crippen molar-refractivity contribution in [1.29, 1.82) is 0 Å². The number of aliphatic hydroxyl groups is 7. The maximum Gasteiger partial charge on any atom is 0.315 e. The van der Waals surface area contributed by atoms with Crippen LogP contribution in [0.1, 0.15) is 99.8 Å². The summed E-state index contributed by atoms with van der Waals surface area (Å²) in [5, 5.41) is 74.9. The van der Waals surface area contributed by atoms with Gasteiger partial charge < -0.3 is 59.4 Å². The van der Waals surface area contributed by atoms with Crippen LogP contribution in [0.3, 0.4) is 0 Å². The number of carbonyl (C=O) groups is 1. The van der Waals surface area contributed by atoms with Gasteiger partial charge in [-0.2, -0.15) is 0 Å². The SMILES string of the molecule is CC1(C)CC2C3=CCC4C5(C)CCC(OC6OC(COC7OCC(O)C(O)C7O)C(O)C(O)C6O)C(C)(C)C5CCC4(C)C3(C)CC(O)C23CC1OC3=O. The molecule has 7 fully saturated rings. The molecule has 3 aliphatic heterocycles. The molecule has 0 aromatic heterocycles. The summed E-state index contributed by atoms with van der Waals surface area (Å²) in [5.41, 5.74) is -0.493. The highest BCUT2D eigenvalue weighted by Gasteiger charge is 2.74. The minimum atomic E-state index is -1.59. The third-order valence-corrected chi connectivity index (χ3v) is 17.3. The molecule has 0 amide bonds. The Kier molecular flexibility index (Phi) is 9.45. The van der Waals surface area contributed by atoms with Gasteiger partial charge in [-0.3, -0.25) is 4.79 Å². The van der Waals surface area contributed by atoms with Crippen molar-refractivity contribution in [3.8, 4) is 0 Å². The molecule has 8 aliphatic rings. The van der Waals surface area contributed by atoms with Crippen molar-refractivity contribution >= 4 is 5.97 Å². The van der Waals surface area contributed by atoms with Crippen LogP contribution in [0.2, 0.25) is 0 Å². The Morgan fingerprint density at radius 2 is 1.50 bits per heavy atom. The minimum Gasteiger partial charge on any atom is -0.461 e. The summed E-state index contributed by atoms with van der Waals surface area (Å²) in [4.78, 5) is 13.6. The standard InChI is InChI=1S/C41H64O13/c1-36(2)14-20-19-8-9-24-38(5)12-11-26(53-34-32(48)30(46)29(45)22(52-34)18-51-33-31(47)28(44)21(42)17-50-33)37(3,4)23(38)10-13-39(24,6)40(19,7)15-25(43)41(20)16-27(36)54-35(41)49/h8,20-34,42-48H,9-18H2,1-7H3. The van der Waals surface area contributed by atoms with Gasteiger partial charge in [0.1, 0.15) is 54.2 Å². The minimum absolute atomic E-state index is 0.0406. The molecule has 7 N–H and O–H groups in total. The number of esters is 1. The largest absolute Gasteiger partial charge is 0.461 e. The summed E-state index contributed by atoms with van der Waals surface area (Å²) < 4.78 is 29.6. The van der Waals surface area contributed by atoms with E-state index in [2.05, 4.69) is 54.5 Å². The van der Waals surface area contributed by atoms with Crippen molar-refractivity contribution in [3.63, 3.8) is 0 Å². The molecule has 5 aliphatic carbocycles. The summed E-state index contributed by atoms with van der Waals surface area (Å²) in [6.07, 6.45) is -5.09. The second-order valence-corrected chi connectivity index (χ2v) is 20.5. The Balaban J connectivity index is 1.01. The van der Waals surface area contributed by atoms with Gasteiger partial charge in [-0.1, -0.05) is 60.1 Å². The smallest absolute Gasteiger partial charge is 0.315 e. The van der Waals surface area contributed by atoms with E-state index in [0.717, 1.165) is 32.1 Å². The molecule has 306 valence electrons. The summed E-state index contributed by atoms with van der Waals surface area (Å²) in [6.45, 7) is 15.5. The molecule has 13 heteroatoms. The zero-order valence-corrected chi connectivity index (χ0v) is 32.9. The Bertz CT molecular complexity index is 1520. The molecule has 1 spiro atoms. The van der Waals surface area contributed by atoms with Gasteiger partial charge in [-0.15, -0.1) is 0 Å². The number of carbonyl (C=O) groups excluding carboxylic acids is 1. The molecule has 0 radical (unpaired) electrons. The van der Waals surface area contributed by atoms with Crippen LogP contribution >= 0.6 is 0 Å². The topological polar surface area (TPSA) is 205 Å². The van der Waals surface area contributed by atoms with Crippen molar-refractivity contribution in [2.24, 2.45) is 50.2 Å². The van der Waals surface area contributed by atoms with Crippen LogP contribution in [0.4, 0.5) is 0 Å². The molecule has 0 aromatic rings. The fourth-order valence-electron chi connectivity index (χ4n) is 13.8. The van der Waals surface area contributed by atoms with Crippen LogP contribution in [-0.2, 0) is 28.5 Å². The van der Waals surface area contributed by atoms with E-state index in [4.69, 9.17) is 23.7 Å². The number of fused-ring (bicyclic) bond motifs is 7. The van der Waals surface area contributed by atoms with Crippen LogP contribution < -0.4 is 0 Å². The van der Waals surface area contributed by atoms with Crippen molar-refractivity contribution in [2.75, 3.05) is 13.2 Å². The quantitative estimate of drug-likeness (QED) is 0.122. The number of hydrogen-bond acceptors (Lipinski definition) is 13.